The van der Waals surface area contributed by atoms with Crippen molar-refractivity contribution in [3.63, 3.8) is 0 Å². The van der Waals surface area contributed by atoms with Gasteiger partial charge in [0.05, 0.1) is 5.38 Å². The van der Waals surface area contributed by atoms with Crippen molar-refractivity contribution in [2.24, 2.45) is 0 Å². The van der Waals surface area contributed by atoms with Crippen molar-refractivity contribution < 1.29 is 4.74 Å². The van der Waals surface area contributed by atoms with Crippen molar-refractivity contribution in [1.82, 2.24) is 0 Å². The number of hydrogen-bond acceptors (Lipinski definition) is 1. The summed E-state index contributed by atoms with van der Waals surface area (Å²) in [5.74, 6) is 0.871. The highest BCUT2D eigenvalue weighted by Crippen LogP contribution is 2.02. The van der Waals surface area contributed by atoms with Gasteiger partial charge < -0.3 is 4.74 Å². The van der Waals surface area contributed by atoms with Crippen molar-refractivity contribution in [2.45, 2.75) is 24.6 Å². The second-order valence-corrected chi connectivity index (χ2v) is 3.81. The van der Waals surface area contributed by atoms with Crippen molar-refractivity contribution in [3.8, 4) is 0 Å². The van der Waals surface area contributed by atoms with Crippen molar-refractivity contribution in [1.29, 1.82) is 0 Å². The smallest absolute Gasteiger partial charge is 0.0606 e. The molecule has 0 radical (unpaired) electrons. The van der Waals surface area contributed by atoms with E-state index in [2.05, 4.69) is 0 Å². The average Bonchev–Trinajstić information content (AvgIpc) is 2.20. The van der Waals surface area contributed by atoms with Crippen LogP contribution in [0.5, 0.6) is 0 Å². The van der Waals surface area contributed by atoms with Crippen molar-refractivity contribution >= 4 is 34.8 Å². The van der Waals surface area contributed by atoms with Crippen LogP contribution in [0.25, 0.3) is 0 Å². The summed E-state index contributed by atoms with van der Waals surface area (Å²) in [6, 6.07) is 0. The van der Waals surface area contributed by atoms with Crippen LogP contribution in [0, 0.1) is 0 Å². The Morgan fingerprint density at radius 3 is 1.58 bits per heavy atom. The first-order valence-electron chi connectivity index (χ1n) is 4.15. The van der Waals surface area contributed by atoms with E-state index in [1.165, 1.54) is 19.3 Å². The Morgan fingerprint density at radius 2 is 1.50 bits per heavy atom. The molecule has 1 heterocycles. The van der Waals surface area contributed by atoms with Gasteiger partial charge in [0.15, 0.2) is 0 Å². The zero-order valence-corrected chi connectivity index (χ0v) is 9.34. The molecular weight excluding hydrogens is 218 g/mol. The van der Waals surface area contributed by atoms with Crippen LogP contribution in [-0.2, 0) is 4.74 Å². The normalized spacial score (nSPS) is 17.0. The molecule has 0 bridgehead atoms. The average molecular weight is 234 g/mol. The minimum atomic E-state index is -0.0617. The molecule has 0 spiro atoms. The molecule has 1 nitrogen and oxygen atoms in total. The fraction of sp³-hybridized carbons (Fsp3) is 1.00. The number of rotatable bonds is 2. The third-order valence-electron chi connectivity index (χ3n) is 1.41. The lowest BCUT2D eigenvalue weighted by atomic mass is 10.2. The van der Waals surface area contributed by atoms with E-state index in [1.807, 2.05) is 0 Å². The highest BCUT2D eigenvalue weighted by molar-refractivity contribution is 6.32. The maximum atomic E-state index is 5.39. The van der Waals surface area contributed by atoms with Gasteiger partial charge in [-0.3, -0.25) is 0 Å². The van der Waals surface area contributed by atoms with Gasteiger partial charge in [0.2, 0.25) is 0 Å². The van der Waals surface area contributed by atoms with E-state index in [0.29, 0.717) is 11.8 Å². The lowest BCUT2D eigenvalue weighted by molar-refractivity contribution is 0.0968. The van der Waals surface area contributed by atoms with Gasteiger partial charge in [0.1, 0.15) is 0 Å². The number of ether oxygens (including phenoxy) is 1. The summed E-state index contributed by atoms with van der Waals surface area (Å²) in [6.07, 6.45) is 3.93. The maximum absolute atomic E-state index is 5.39. The molecule has 0 aromatic heterocycles. The van der Waals surface area contributed by atoms with E-state index < -0.39 is 0 Å². The number of halogens is 3. The third-order valence-corrected chi connectivity index (χ3v) is 2.78. The summed E-state index contributed by atoms with van der Waals surface area (Å²) in [4.78, 5) is 0. The molecule has 1 rings (SSSR count). The molecule has 0 aromatic rings. The van der Waals surface area contributed by atoms with Crippen LogP contribution in [0.1, 0.15) is 19.3 Å². The number of alkyl halides is 3. The Hall–Kier alpha value is 0.830. The van der Waals surface area contributed by atoms with E-state index in [9.17, 15) is 0 Å². The Kier molecular flexibility index (Phi) is 10.6. The molecule has 0 atom stereocenters. The fourth-order valence-electron chi connectivity index (χ4n) is 0.728. The van der Waals surface area contributed by atoms with Gasteiger partial charge in [0, 0.05) is 25.0 Å². The van der Waals surface area contributed by atoms with E-state index in [-0.39, 0.29) is 5.38 Å². The van der Waals surface area contributed by atoms with Crippen LogP contribution in [0.4, 0.5) is 0 Å². The summed E-state index contributed by atoms with van der Waals surface area (Å²) in [5, 5.41) is -0.0617. The van der Waals surface area contributed by atoms with Crippen LogP contribution in [0.2, 0.25) is 0 Å². The second kappa shape index (κ2) is 9.91. The molecule has 74 valence electrons. The van der Waals surface area contributed by atoms with E-state index >= 15 is 0 Å². The van der Waals surface area contributed by atoms with E-state index in [0.717, 1.165) is 13.2 Å². The SMILES string of the molecule is C1CCOCC1.ClCC(Cl)CCl. The molecule has 0 aliphatic carbocycles. The molecule has 0 unspecified atom stereocenters. The van der Waals surface area contributed by atoms with Gasteiger partial charge in [-0.25, -0.2) is 0 Å². The molecule has 0 amide bonds. The first-order valence-corrected chi connectivity index (χ1v) is 5.65. The van der Waals surface area contributed by atoms with Crippen molar-refractivity contribution in [2.75, 3.05) is 25.0 Å². The van der Waals surface area contributed by atoms with Crippen LogP contribution in [0.15, 0.2) is 0 Å². The van der Waals surface area contributed by atoms with E-state index in [4.69, 9.17) is 39.5 Å². The Balaban J connectivity index is 0.000000202. The van der Waals surface area contributed by atoms with Crippen LogP contribution in [-0.4, -0.2) is 30.4 Å². The molecule has 4 heteroatoms. The second-order valence-electron chi connectivity index (χ2n) is 2.58. The molecule has 1 aliphatic heterocycles. The number of hydrogen-bond donors (Lipinski definition) is 0. The Labute approximate surface area is 89.3 Å². The highest BCUT2D eigenvalue weighted by Gasteiger charge is 1.95. The van der Waals surface area contributed by atoms with E-state index in [1.54, 1.807) is 0 Å². The lowest BCUT2D eigenvalue weighted by Gasteiger charge is -2.08. The minimum absolute atomic E-state index is 0.0617. The van der Waals surface area contributed by atoms with Crippen LogP contribution >= 0.6 is 34.8 Å². The quantitative estimate of drug-likeness (QED) is 0.665. The van der Waals surface area contributed by atoms with Gasteiger partial charge in [-0.05, 0) is 19.3 Å². The fourth-order valence-corrected chi connectivity index (χ4v) is 1.06. The third kappa shape index (κ3) is 8.92. The molecule has 1 saturated heterocycles. The first-order chi connectivity index (χ1) is 5.81. The molecule has 0 N–H and O–H groups in total. The largest absolute Gasteiger partial charge is 0.381 e. The lowest BCUT2D eigenvalue weighted by Crippen LogP contribution is -2.03. The predicted octanol–water partition coefficient (Wildman–Crippen LogP) is 3.26. The van der Waals surface area contributed by atoms with Crippen LogP contribution in [0.3, 0.4) is 0 Å². The molecule has 12 heavy (non-hydrogen) atoms. The Morgan fingerprint density at radius 1 is 1.00 bits per heavy atom. The van der Waals surface area contributed by atoms with Crippen molar-refractivity contribution in [3.05, 3.63) is 0 Å². The summed E-state index contributed by atoms with van der Waals surface area (Å²) < 4.78 is 5.07. The summed E-state index contributed by atoms with van der Waals surface area (Å²) in [6.45, 7) is 2.00. The van der Waals surface area contributed by atoms with Crippen LogP contribution < -0.4 is 0 Å². The predicted molar refractivity (Wildman–Crippen MR) is 55.8 cm³/mol. The summed E-state index contributed by atoms with van der Waals surface area (Å²) in [5.41, 5.74) is 0. The molecule has 0 saturated carbocycles. The topological polar surface area (TPSA) is 9.23 Å². The molecule has 1 aliphatic rings. The van der Waals surface area contributed by atoms with Gasteiger partial charge in [-0.1, -0.05) is 0 Å². The Bertz CT molecular complexity index is 70.9. The molecular formula is C8H15Cl3O. The minimum Gasteiger partial charge on any atom is -0.381 e. The molecule has 1 fully saturated rings. The zero-order valence-electron chi connectivity index (χ0n) is 7.07. The molecule has 0 aromatic carbocycles. The highest BCUT2D eigenvalue weighted by atomic mass is 35.5. The summed E-state index contributed by atoms with van der Waals surface area (Å²) in [7, 11) is 0. The van der Waals surface area contributed by atoms with Gasteiger partial charge >= 0.3 is 0 Å². The van der Waals surface area contributed by atoms with Gasteiger partial charge in [0.25, 0.3) is 0 Å². The standard InChI is InChI=1S/C5H10O.C3H5Cl3/c1-2-4-6-5-3-1;4-1-3(6)2-5/h1-5H2;3H,1-2H2. The zero-order chi connectivity index (χ0) is 9.23. The maximum Gasteiger partial charge on any atom is 0.0606 e. The van der Waals surface area contributed by atoms with Gasteiger partial charge in [-0.2, -0.15) is 0 Å². The first kappa shape index (κ1) is 12.8. The monoisotopic (exact) mass is 232 g/mol. The van der Waals surface area contributed by atoms with Gasteiger partial charge in [-0.15, -0.1) is 34.8 Å². The summed E-state index contributed by atoms with van der Waals surface area (Å²) >= 11 is 15.9.